The van der Waals surface area contributed by atoms with Crippen LogP contribution in [0.25, 0.3) is 0 Å². The average Bonchev–Trinajstić information content (AvgIpc) is 2.59. The van der Waals surface area contributed by atoms with Gasteiger partial charge in [0.15, 0.2) is 0 Å². The summed E-state index contributed by atoms with van der Waals surface area (Å²) in [7, 11) is 4.23. The molecule has 0 unspecified atom stereocenters. The molecule has 0 aliphatic rings. The van der Waals surface area contributed by atoms with Crippen LogP contribution < -0.4 is 5.32 Å². The lowest BCUT2D eigenvalue weighted by molar-refractivity contribution is 0.253. The predicted molar refractivity (Wildman–Crippen MR) is 77.9 cm³/mol. The van der Waals surface area contributed by atoms with Crippen LogP contribution in [0.5, 0.6) is 0 Å². The molecule has 0 aliphatic carbocycles. The van der Waals surface area contributed by atoms with Crippen molar-refractivity contribution in [2.75, 3.05) is 32.5 Å². The first kappa shape index (κ1) is 15.0. The molecule has 0 spiro atoms. The molecule has 4 nitrogen and oxygen atoms in total. The fourth-order valence-corrected chi connectivity index (χ4v) is 2.25. The van der Waals surface area contributed by atoms with Crippen LogP contribution >= 0.6 is 0 Å². The van der Waals surface area contributed by atoms with Gasteiger partial charge in [-0.25, -0.2) is 4.98 Å². The highest BCUT2D eigenvalue weighted by molar-refractivity contribution is 5.26. The molecule has 1 aromatic heterocycles. The molecular weight excluding hydrogens is 224 g/mol. The van der Waals surface area contributed by atoms with Gasteiger partial charge in [0.2, 0.25) is 5.95 Å². The van der Waals surface area contributed by atoms with E-state index in [2.05, 4.69) is 61.6 Å². The van der Waals surface area contributed by atoms with Crippen LogP contribution in [0.15, 0.2) is 12.4 Å². The molecule has 0 amide bonds. The Hall–Kier alpha value is -1.03. The summed E-state index contributed by atoms with van der Waals surface area (Å²) in [6, 6.07) is 0. The molecular formula is C14H28N4. The quantitative estimate of drug-likeness (QED) is 0.809. The summed E-state index contributed by atoms with van der Waals surface area (Å²) in [6.45, 7) is 12.0. The highest BCUT2D eigenvalue weighted by Crippen LogP contribution is 2.17. The molecule has 1 heterocycles. The van der Waals surface area contributed by atoms with Gasteiger partial charge in [0.05, 0.1) is 0 Å². The Balaban J connectivity index is 2.55. The standard InChI is InChI=1S/C14H28N4/c1-12(2)9-18-8-7-15-13(18)16-10-14(3,4)11-17(5)6/h7-8,12H,9-11H2,1-6H3,(H,15,16). The molecule has 0 saturated carbocycles. The second kappa shape index (κ2) is 6.23. The van der Waals surface area contributed by atoms with Crippen molar-refractivity contribution in [2.24, 2.45) is 11.3 Å². The Labute approximate surface area is 111 Å². The Morgan fingerprint density at radius 1 is 1.39 bits per heavy atom. The summed E-state index contributed by atoms with van der Waals surface area (Å²) in [6.07, 6.45) is 3.91. The number of rotatable bonds is 7. The topological polar surface area (TPSA) is 33.1 Å². The van der Waals surface area contributed by atoms with Crippen molar-refractivity contribution in [1.29, 1.82) is 0 Å². The van der Waals surface area contributed by atoms with E-state index in [1.54, 1.807) is 0 Å². The molecule has 1 rings (SSSR count). The second-order valence-corrected chi connectivity index (χ2v) is 6.55. The third kappa shape index (κ3) is 5.08. The summed E-state index contributed by atoms with van der Waals surface area (Å²) >= 11 is 0. The van der Waals surface area contributed by atoms with Crippen molar-refractivity contribution < 1.29 is 0 Å². The minimum Gasteiger partial charge on any atom is -0.355 e. The Morgan fingerprint density at radius 3 is 2.61 bits per heavy atom. The number of hydrogen-bond acceptors (Lipinski definition) is 3. The lowest BCUT2D eigenvalue weighted by Crippen LogP contribution is -2.34. The van der Waals surface area contributed by atoms with E-state index in [0.717, 1.165) is 25.6 Å². The van der Waals surface area contributed by atoms with Gasteiger partial charge in [-0.15, -0.1) is 0 Å². The minimum atomic E-state index is 0.234. The van der Waals surface area contributed by atoms with E-state index in [9.17, 15) is 0 Å². The van der Waals surface area contributed by atoms with Crippen LogP contribution in [0.3, 0.4) is 0 Å². The highest BCUT2D eigenvalue weighted by Gasteiger charge is 2.19. The summed E-state index contributed by atoms with van der Waals surface area (Å²) in [5, 5.41) is 3.47. The number of aromatic nitrogens is 2. The third-order valence-electron chi connectivity index (χ3n) is 2.75. The normalized spacial score (nSPS) is 12.4. The first-order valence-corrected chi connectivity index (χ1v) is 6.70. The SMILES string of the molecule is CC(C)Cn1ccnc1NCC(C)(C)CN(C)C. The monoisotopic (exact) mass is 252 g/mol. The van der Waals surface area contributed by atoms with E-state index < -0.39 is 0 Å². The molecule has 0 bridgehead atoms. The van der Waals surface area contributed by atoms with E-state index in [1.165, 1.54) is 0 Å². The van der Waals surface area contributed by atoms with Gasteiger partial charge in [0.1, 0.15) is 0 Å². The van der Waals surface area contributed by atoms with Crippen LogP contribution in [0.4, 0.5) is 5.95 Å². The van der Waals surface area contributed by atoms with Gasteiger partial charge >= 0.3 is 0 Å². The maximum Gasteiger partial charge on any atom is 0.202 e. The number of anilines is 1. The first-order valence-electron chi connectivity index (χ1n) is 6.70. The molecule has 1 aromatic rings. The van der Waals surface area contributed by atoms with Gasteiger partial charge in [-0.1, -0.05) is 27.7 Å². The van der Waals surface area contributed by atoms with Gasteiger partial charge in [0, 0.05) is 32.0 Å². The number of imidazole rings is 1. The van der Waals surface area contributed by atoms with Crippen molar-refractivity contribution in [1.82, 2.24) is 14.5 Å². The fraction of sp³-hybridized carbons (Fsp3) is 0.786. The largest absolute Gasteiger partial charge is 0.355 e. The Kier molecular flexibility index (Phi) is 5.20. The summed E-state index contributed by atoms with van der Waals surface area (Å²) in [5.74, 6) is 1.62. The molecule has 1 N–H and O–H groups in total. The number of nitrogens with one attached hydrogen (secondary N) is 1. The van der Waals surface area contributed by atoms with Gasteiger partial charge in [-0.3, -0.25) is 0 Å². The maximum atomic E-state index is 4.39. The van der Waals surface area contributed by atoms with Crippen molar-refractivity contribution >= 4 is 5.95 Å². The lowest BCUT2D eigenvalue weighted by atomic mass is 9.93. The molecule has 18 heavy (non-hydrogen) atoms. The van der Waals surface area contributed by atoms with Crippen LogP contribution in [0.1, 0.15) is 27.7 Å². The average molecular weight is 252 g/mol. The minimum absolute atomic E-state index is 0.234. The van der Waals surface area contributed by atoms with Gasteiger partial charge in [0.25, 0.3) is 0 Å². The lowest BCUT2D eigenvalue weighted by Gasteiger charge is -2.28. The van der Waals surface area contributed by atoms with Gasteiger partial charge in [-0.2, -0.15) is 0 Å². The van der Waals surface area contributed by atoms with Crippen molar-refractivity contribution in [3.63, 3.8) is 0 Å². The summed E-state index contributed by atoms with van der Waals surface area (Å²) in [4.78, 5) is 6.61. The summed E-state index contributed by atoms with van der Waals surface area (Å²) in [5.41, 5.74) is 0.234. The molecule has 0 saturated heterocycles. The van der Waals surface area contributed by atoms with E-state index in [1.807, 2.05) is 12.4 Å². The third-order valence-corrected chi connectivity index (χ3v) is 2.75. The zero-order valence-corrected chi connectivity index (χ0v) is 12.7. The molecule has 0 radical (unpaired) electrons. The number of nitrogens with zero attached hydrogens (tertiary/aromatic N) is 3. The van der Waals surface area contributed by atoms with Crippen LogP contribution in [0.2, 0.25) is 0 Å². The smallest absolute Gasteiger partial charge is 0.202 e. The van der Waals surface area contributed by atoms with Gasteiger partial charge < -0.3 is 14.8 Å². The van der Waals surface area contributed by atoms with E-state index in [-0.39, 0.29) is 5.41 Å². The first-order chi connectivity index (χ1) is 8.30. The predicted octanol–water partition coefficient (Wildman–Crippen LogP) is 2.54. The zero-order chi connectivity index (χ0) is 13.8. The molecule has 4 heteroatoms. The van der Waals surface area contributed by atoms with Crippen LogP contribution in [-0.2, 0) is 6.54 Å². The molecule has 0 aromatic carbocycles. The summed E-state index contributed by atoms with van der Waals surface area (Å²) < 4.78 is 2.19. The van der Waals surface area contributed by atoms with E-state index in [4.69, 9.17) is 0 Å². The molecule has 104 valence electrons. The second-order valence-electron chi connectivity index (χ2n) is 6.55. The number of hydrogen-bond donors (Lipinski definition) is 1. The highest BCUT2D eigenvalue weighted by atomic mass is 15.2. The fourth-order valence-electron chi connectivity index (χ4n) is 2.25. The van der Waals surface area contributed by atoms with Crippen molar-refractivity contribution in [3.8, 4) is 0 Å². The van der Waals surface area contributed by atoms with Crippen molar-refractivity contribution in [2.45, 2.75) is 34.2 Å². The van der Waals surface area contributed by atoms with Gasteiger partial charge in [-0.05, 0) is 25.4 Å². The Morgan fingerprint density at radius 2 is 2.06 bits per heavy atom. The van der Waals surface area contributed by atoms with Crippen molar-refractivity contribution in [3.05, 3.63) is 12.4 Å². The Bertz CT molecular complexity index is 352. The van der Waals surface area contributed by atoms with Crippen LogP contribution in [-0.4, -0.2) is 41.6 Å². The van der Waals surface area contributed by atoms with E-state index in [0.29, 0.717) is 5.92 Å². The molecule has 0 atom stereocenters. The molecule has 0 fully saturated rings. The molecule has 0 aliphatic heterocycles. The van der Waals surface area contributed by atoms with Crippen LogP contribution in [0, 0.1) is 11.3 Å². The van der Waals surface area contributed by atoms with E-state index >= 15 is 0 Å². The maximum absolute atomic E-state index is 4.39. The zero-order valence-electron chi connectivity index (χ0n) is 12.7.